The minimum Gasteiger partial charge on any atom is -0.484 e. The average molecular weight is 1990 g/mol. The van der Waals surface area contributed by atoms with Crippen LogP contribution in [0.4, 0.5) is 79.0 Å². The van der Waals surface area contributed by atoms with Crippen LogP contribution < -0.4 is 23.7 Å². The number of ether oxygens (including phenoxy) is 5. The van der Waals surface area contributed by atoms with E-state index in [2.05, 4.69) is 193 Å². The number of hydrogen-bond donors (Lipinski definition) is 0. The van der Waals surface area contributed by atoms with E-state index >= 15 is 0 Å². The first-order valence-electron chi connectivity index (χ1n) is 46.3. The monoisotopic (exact) mass is 1990 g/mol. The molecule has 24 heteroatoms. The second-order valence-electron chi connectivity index (χ2n) is 37.0. The summed E-state index contributed by atoms with van der Waals surface area (Å²) in [6.07, 6.45) is 5.54. The summed E-state index contributed by atoms with van der Waals surface area (Å²) < 4.78 is 240. The van der Waals surface area contributed by atoms with E-state index in [1.807, 2.05) is 84.9 Å². The van der Waals surface area contributed by atoms with Gasteiger partial charge in [-0.2, -0.15) is 30.7 Å². The van der Waals surface area contributed by atoms with E-state index in [9.17, 15) is 79.0 Å². The highest BCUT2D eigenvalue weighted by atomic mass is 35.5. The third kappa shape index (κ3) is 63.2. The molecule has 0 atom stereocenters. The van der Waals surface area contributed by atoms with Gasteiger partial charge in [-0.3, -0.25) is 0 Å². The lowest BCUT2D eigenvalue weighted by atomic mass is 10.0. The molecular formula is C116H137ClF18O5. The molecule has 0 unspecified atom stereocenters. The zero-order chi connectivity index (χ0) is 106. The summed E-state index contributed by atoms with van der Waals surface area (Å²) in [4.78, 5) is 0. The molecule has 0 saturated carbocycles. The van der Waals surface area contributed by atoms with Crippen LogP contribution in [0, 0.1) is 137 Å². The minimum atomic E-state index is -4.86. The summed E-state index contributed by atoms with van der Waals surface area (Å²) in [7, 11) is 0. The molecule has 10 aromatic carbocycles. The van der Waals surface area contributed by atoms with Crippen LogP contribution in [0.2, 0.25) is 5.02 Å². The molecule has 0 radical (unpaired) electrons. The van der Waals surface area contributed by atoms with Gasteiger partial charge in [-0.1, -0.05) is 265 Å². The van der Waals surface area contributed by atoms with Crippen molar-refractivity contribution in [3.63, 3.8) is 0 Å². The summed E-state index contributed by atoms with van der Waals surface area (Å²) in [6.45, 7) is 38.4. The van der Waals surface area contributed by atoms with Crippen molar-refractivity contribution < 1.29 is 103 Å². The molecule has 0 aliphatic carbocycles. The number of benzene rings is 10. The quantitative estimate of drug-likeness (QED) is 0.0361. The molecule has 0 aliphatic heterocycles. The summed E-state index contributed by atoms with van der Waals surface area (Å²) >= 11 is 5.62. The molecular weight excluding hydrogens is 1850 g/mol. The van der Waals surface area contributed by atoms with Crippen molar-refractivity contribution >= 4 is 11.6 Å². The fourth-order valence-electron chi connectivity index (χ4n) is 13.2. The maximum absolute atomic E-state index is 13.2. The molecule has 0 bridgehead atoms. The van der Waals surface area contributed by atoms with Crippen LogP contribution in [0.3, 0.4) is 0 Å². The zero-order valence-corrected chi connectivity index (χ0v) is 85.0. The van der Waals surface area contributed by atoms with E-state index < -0.39 is 56.1 Å². The lowest BCUT2D eigenvalue weighted by molar-refractivity contribution is -0.276. The van der Waals surface area contributed by atoms with Crippen molar-refractivity contribution in [2.24, 2.45) is 59.2 Å². The second-order valence-corrected chi connectivity index (χ2v) is 37.4. The van der Waals surface area contributed by atoms with E-state index in [1.54, 1.807) is 73.7 Å². The predicted octanol–water partition coefficient (Wildman–Crippen LogP) is 34.8. The van der Waals surface area contributed by atoms with Crippen LogP contribution >= 0.6 is 11.6 Å². The van der Waals surface area contributed by atoms with E-state index in [4.69, 9.17) is 24.4 Å². The fraction of sp³-hybridized carbons (Fsp3) is 0.414. The summed E-state index contributed by atoms with van der Waals surface area (Å²) in [5.74, 6) is 18.2. The van der Waals surface area contributed by atoms with Crippen molar-refractivity contribution in [2.45, 2.75) is 249 Å². The SMILES string of the molecule is C#Cc1cc(CC(C)C)ccc1F.C#Cc1cccc(CC(C)C)c1.CC#Cc1cc(CC(C)C)ccc1F.CC#Cc1cccc(CC(C)C)c1.CC(C)Cc1ccc(F)c(Cl)c1.CC(C)Cc1ccc(F)c(OC(F)(F)F)c1.CC(C)Cc1ccc(F)c(OC(F)F)c1.CC(C)Cc1cccc(OC(F)(F)F)c1.CC(C)Cc1cccc(OC(F)F)c1.CC(C)Cc1cccc(OCC(F)(F)F)c1. The Balaban J connectivity index is 0.000000779. The number of rotatable bonds is 28. The summed E-state index contributed by atoms with van der Waals surface area (Å²) in [6, 6.07) is 59.0. The highest BCUT2D eigenvalue weighted by molar-refractivity contribution is 6.30. The van der Waals surface area contributed by atoms with Gasteiger partial charge in [0, 0.05) is 11.1 Å². The Morgan fingerprint density at radius 3 is 0.936 bits per heavy atom. The first kappa shape index (κ1) is 126. The average Bonchev–Trinajstić information content (AvgIpc) is 0.839. The molecule has 0 heterocycles. The molecule has 0 aliphatic rings. The van der Waals surface area contributed by atoms with Gasteiger partial charge in [-0.05, 0) is 314 Å². The van der Waals surface area contributed by atoms with Gasteiger partial charge in [0.1, 0.15) is 34.7 Å². The molecule has 0 amide bonds. The third-order valence-corrected chi connectivity index (χ3v) is 18.5. The van der Waals surface area contributed by atoms with E-state index in [0.29, 0.717) is 82.8 Å². The van der Waals surface area contributed by atoms with Crippen LogP contribution in [0.25, 0.3) is 0 Å². The topological polar surface area (TPSA) is 46.2 Å². The lowest BCUT2D eigenvalue weighted by Gasteiger charge is -2.11. The highest BCUT2D eigenvalue weighted by Gasteiger charge is 2.33. The van der Waals surface area contributed by atoms with Gasteiger partial charge in [0.2, 0.25) is 0 Å². The van der Waals surface area contributed by atoms with Crippen LogP contribution in [0.5, 0.6) is 28.7 Å². The minimum absolute atomic E-state index is 0.152. The number of halogens is 19. The third-order valence-electron chi connectivity index (χ3n) is 18.2. The van der Waals surface area contributed by atoms with E-state index in [0.717, 1.165) is 120 Å². The van der Waals surface area contributed by atoms with Crippen molar-refractivity contribution in [3.05, 3.63) is 324 Å². The Morgan fingerprint density at radius 1 is 0.286 bits per heavy atom. The second kappa shape index (κ2) is 67.0. The highest BCUT2D eigenvalue weighted by Crippen LogP contribution is 2.31. The Kier molecular flexibility index (Phi) is 60.5. The van der Waals surface area contributed by atoms with Gasteiger partial charge < -0.3 is 23.7 Å². The van der Waals surface area contributed by atoms with Crippen molar-refractivity contribution in [3.8, 4) is 77.1 Å². The van der Waals surface area contributed by atoms with Gasteiger partial charge >= 0.3 is 32.1 Å². The molecule has 0 spiro atoms. The van der Waals surface area contributed by atoms with Crippen LogP contribution in [-0.2, 0) is 64.2 Å². The Morgan fingerprint density at radius 2 is 0.579 bits per heavy atom. The smallest absolute Gasteiger partial charge is 0.484 e. The van der Waals surface area contributed by atoms with Gasteiger partial charge in [0.05, 0.1) is 16.1 Å². The van der Waals surface area contributed by atoms with Crippen molar-refractivity contribution in [1.82, 2.24) is 0 Å². The Hall–Kier alpha value is -11.5. The van der Waals surface area contributed by atoms with Gasteiger partial charge in [-0.25, -0.2) is 22.0 Å². The zero-order valence-electron chi connectivity index (χ0n) is 84.3. The summed E-state index contributed by atoms with van der Waals surface area (Å²) in [5, 5.41) is 0.216. The molecule has 764 valence electrons. The maximum Gasteiger partial charge on any atom is 0.573 e. The van der Waals surface area contributed by atoms with Crippen LogP contribution in [0.15, 0.2) is 212 Å². The molecule has 0 aromatic heterocycles. The predicted molar refractivity (Wildman–Crippen MR) is 534 cm³/mol. The Labute approximate surface area is 825 Å². The fourth-order valence-corrected chi connectivity index (χ4v) is 13.4. The van der Waals surface area contributed by atoms with Gasteiger partial charge in [0.15, 0.2) is 29.7 Å². The molecule has 0 fully saturated rings. The van der Waals surface area contributed by atoms with E-state index in [-0.39, 0.29) is 51.4 Å². The van der Waals surface area contributed by atoms with Crippen molar-refractivity contribution in [1.29, 1.82) is 0 Å². The van der Waals surface area contributed by atoms with Crippen LogP contribution in [0.1, 0.15) is 230 Å². The number of terminal acetylenes is 2. The molecule has 0 saturated heterocycles. The lowest BCUT2D eigenvalue weighted by Crippen LogP contribution is -2.19. The van der Waals surface area contributed by atoms with Gasteiger partial charge in [-0.15, -0.1) is 51.0 Å². The molecule has 140 heavy (non-hydrogen) atoms. The van der Waals surface area contributed by atoms with Crippen LogP contribution in [-0.4, -0.2) is 38.7 Å². The largest absolute Gasteiger partial charge is 0.573 e. The molecule has 10 rings (SSSR count). The number of alkyl halides is 13. The molecule has 0 N–H and O–H groups in total. The normalized spacial score (nSPS) is 10.8. The maximum atomic E-state index is 13.2. The summed E-state index contributed by atoms with van der Waals surface area (Å²) in [5.41, 5.74) is 13.3. The number of hydrogen-bond acceptors (Lipinski definition) is 5. The van der Waals surface area contributed by atoms with E-state index in [1.165, 1.54) is 65.7 Å². The first-order valence-corrected chi connectivity index (χ1v) is 46.7. The van der Waals surface area contributed by atoms with Crippen molar-refractivity contribution in [2.75, 3.05) is 6.61 Å². The standard InChI is InChI=1S/C13H15F.C13H16.C12H15F3O.C12H13F.C12H14.C11H12F4O.2C11H13F3O.C11H14F2O.C10H12ClF/c1-4-5-12-9-11(8-10(2)3)6-7-13(12)14;1-4-6-12-7-5-8-13(10-12)9-11(2)3;1-9(2)6-10-4-3-5-11(7-10)16-8-12(13,14)15;1-4-11-8-10(7-9(2)3)5-6-12(11)13;1-4-11-6-5-7-12(9-11)8-10(2)3;1-7(2)5-8-3-4-9(12)10(6-8)16-11(13,14)15;1-7(2)5-8-3-4-9(12)10(6-8)15-11(13)14;1-8(2)6-9-4-3-5-10(7-9)15-11(12,13)14;1-8(2)6-9-4-3-5-10(7-9)14-11(12)13;1-7(2)5-8-3-4-10(12)9(11)6-8/h6-7,9-10H,8H2,1-3H3;5,7-8,10-11H,9H2,1-3H3;3-5,7,9H,6,8H2,1-2H3;1,5-6,8-9H,7H2,2-3H3;1,5-7,9-10H,8H2,2-3H3;3-4,6-7H,5H2,1-2H3;3-4,6-7,11H,5H2,1-2H3;3-5,7-8H,6H2,1-2H3;3-5,7-8,11H,6H2,1-2H3;3-4,6-7H,5H2,1-2H3. The Bertz CT molecular complexity index is 5390. The van der Waals surface area contributed by atoms with Gasteiger partial charge in [0.25, 0.3) is 0 Å². The first-order chi connectivity index (χ1) is 65.4. The molecule has 10 aromatic rings. The molecule has 5 nitrogen and oxygen atoms in total.